The maximum Gasteiger partial charge on any atom is 0.290 e. The highest BCUT2D eigenvalue weighted by atomic mass is 16.5. The maximum absolute atomic E-state index is 13.8. The van der Waals surface area contributed by atoms with Crippen molar-refractivity contribution in [2.75, 3.05) is 46.5 Å². The van der Waals surface area contributed by atoms with Crippen LogP contribution in [0.3, 0.4) is 0 Å². The van der Waals surface area contributed by atoms with E-state index in [1.165, 1.54) is 0 Å². The quantitative estimate of drug-likeness (QED) is 0.389. The lowest BCUT2D eigenvalue weighted by molar-refractivity contribution is 0.0708. The Hall–Kier alpha value is -3.52. The van der Waals surface area contributed by atoms with E-state index in [1.54, 1.807) is 30.2 Å². The average Bonchev–Trinajstić information content (AvgIpc) is 3.17. The first-order chi connectivity index (χ1) is 17.5. The summed E-state index contributed by atoms with van der Waals surface area (Å²) in [5.74, 6) is 1.54. The molecule has 1 unspecified atom stereocenters. The van der Waals surface area contributed by atoms with Crippen molar-refractivity contribution in [1.82, 2.24) is 9.80 Å². The van der Waals surface area contributed by atoms with Crippen LogP contribution >= 0.6 is 0 Å². The van der Waals surface area contributed by atoms with Gasteiger partial charge in [-0.25, -0.2) is 0 Å². The Morgan fingerprint density at radius 3 is 2.33 bits per heavy atom. The number of carbonyl (C=O) groups is 1. The number of fused-ring (bicyclic) bond motifs is 2. The molecule has 192 valence electrons. The minimum absolute atomic E-state index is 0.0807. The molecule has 0 N–H and O–H groups in total. The molecule has 1 aromatic heterocycles. The predicted octanol–water partition coefficient (Wildman–Crippen LogP) is 4.49. The molecule has 3 aromatic rings. The normalized spacial score (nSPS) is 15.0. The number of nitrogens with zero attached hydrogens (tertiary/aromatic N) is 2. The van der Waals surface area contributed by atoms with Crippen LogP contribution in [0.4, 0.5) is 0 Å². The van der Waals surface area contributed by atoms with Gasteiger partial charge in [0.05, 0.1) is 37.3 Å². The van der Waals surface area contributed by atoms with Gasteiger partial charge in [-0.15, -0.1) is 0 Å². The number of amides is 1. The van der Waals surface area contributed by atoms with Crippen LogP contribution in [0.2, 0.25) is 0 Å². The van der Waals surface area contributed by atoms with Crippen molar-refractivity contribution >= 4 is 16.9 Å². The molecular weight excluding hydrogens is 460 g/mol. The Labute approximate surface area is 211 Å². The molecule has 1 amide bonds. The summed E-state index contributed by atoms with van der Waals surface area (Å²) in [6.07, 6.45) is 0. The van der Waals surface area contributed by atoms with Crippen molar-refractivity contribution in [3.8, 4) is 17.2 Å². The average molecular weight is 495 g/mol. The molecule has 36 heavy (non-hydrogen) atoms. The molecule has 0 saturated carbocycles. The zero-order chi connectivity index (χ0) is 25.8. The molecule has 8 nitrogen and oxygen atoms in total. The lowest BCUT2D eigenvalue weighted by Crippen LogP contribution is -2.37. The van der Waals surface area contributed by atoms with Crippen molar-refractivity contribution in [2.24, 2.45) is 0 Å². The number of likely N-dealkylation sites (N-methyl/N-ethyl adjacent to an activating group) is 1. The SMILES string of the molecule is CCOc1ccc(C2c3c(oc4cc(OC)ccc4c3=O)C(=O)N2CCN(CC)CC)cc1OCC. The minimum Gasteiger partial charge on any atom is -0.497 e. The minimum atomic E-state index is -0.597. The highest BCUT2D eigenvalue weighted by Gasteiger charge is 2.43. The number of hydrogen-bond acceptors (Lipinski definition) is 7. The number of benzene rings is 2. The second-order valence-corrected chi connectivity index (χ2v) is 8.54. The predicted molar refractivity (Wildman–Crippen MR) is 138 cm³/mol. The van der Waals surface area contributed by atoms with E-state index in [1.807, 2.05) is 32.0 Å². The summed E-state index contributed by atoms with van der Waals surface area (Å²) in [6.45, 7) is 11.8. The zero-order valence-corrected chi connectivity index (χ0v) is 21.6. The molecular formula is C28H34N2O6. The van der Waals surface area contributed by atoms with E-state index < -0.39 is 6.04 Å². The number of hydrogen-bond donors (Lipinski definition) is 0. The van der Waals surface area contributed by atoms with Gasteiger partial charge in [-0.1, -0.05) is 19.9 Å². The molecule has 1 aliphatic heterocycles. The van der Waals surface area contributed by atoms with Gasteiger partial charge in [0.2, 0.25) is 5.76 Å². The van der Waals surface area contributed by atoms with Gasteiger partial charge in [-0.05, 0) is 56.8 Å². The van der Waals surface area contributed by atoms with Gasteiger partial charge in [0.15, 0.2) is 16.9 Å². The third kappa shape index (κ3) is 4.65. The van der Waals surface area contributed by atoms with E-state index in [0.717, 1.165) is 18.7 Å². The molecule has 0 fully saturated rings. The fraction of sp³-hybridized carbons (Fsp3) is 0.429. The third-order valence-corrected chi connectivity index (χ3v) is 6.61. The summed E-state index contributed by atoms with van der Waals surface area (Å²) in [7, 11) is 1.55. The molecule has 8 heteroatoms. The summed E-state index contributed by atoms with van der Waals surface area (Å²) in [6, 6.07) is 10.0. The second-order valence-electron chi connectivity index (χ2n) is 8.54. The van der Waals surface area contributed by atoms with E-state index in [-0.39, 0.29) is 17.1 Å². The van der Waals surface area contributed by atoms with Crippen LogP contribution in [-0.2, 0) is 0 Å². The highest BCUT2D eigenvalue weighted by Crippen LogP contribution is 2.41. The summed E-state index contributed by atoms with van der Waals surface area (Å²) in [5.41, 5.74) is 1.24. The zero-order valence-electron chi connectivity index (χ0n) is 21.6. The molecule has 0 radical (unpaired) electrons. The van der Waals surface area contributed by atoms with Crippen LogP contribution in [0, 0.1) is 0 Å². The largest absolute Gasteiger partial charge is 0.497 e. The van der Waals surface area contributed by atoms with Crippen molar-refractivity contribution in [2.45, 2.75) is 33.7 Å². The van der Waals surface area contributed by atoms with Crippen LogP contribution < -0.4 is 19.6 Å². The highest BCUT2D eigenvalue weighted by molar-refractivity contribution is 5.99. The smallest absolute Gasteiger partial charge is 0.290 e. The first kappa shape index (κ1) is 25.6. The molecule has 1 aliphatic rings. The standard InChI is InChI=1S/C28H34N2O6/c1-6-29(7-2)14-15-30-25(18-10-13-21(34-8-3)23(16-18)35-9-4)24-26(31)20-12-11-19(33-5)17-22(20)36-27(24)28(30)32/h10-13,16-17,25H,6-9,14-15H2,1-5H3. The van der Waals surface area contributed by atoms with Gasteiger partial charge < -0.3 is 28.4 Å². The molecule has 0 aliphatic carbocycles. The Morgan fingerprint density at radius 1 is 0.944 bits per heavy atom. The Morgan fingerprint density at radius 2 is 1.67 bits per heavy atom. The van der Waals surface area contributed by atoms with Crippen LogP contribution in [0.5, 0.6) is 17.2 Å². The van der Waals surface area contributed by atoms with Gasteiger partial charge in [0.1, 0.15) is 11.3 Å². The lowest BCUT2D eigenvalue weighted by atomic mass is 9.98. The van der Waals surface area contributed by atoms with E-state index in [0.29, 0.717) is 60.1 Å². The topological polar surface area (TPSA) is 81.5 Å². The van der Waals surface area contributed by atoms with Crippen LogP contribution in [0.15, 0.2) is 45.6 Å². The van der Waals surface area contributed by atoms with Gasteiger partial charge >= 0.3 is 0 Å². The van der Waals surface area contributed by atoms with Crippen molar-refractivity contribution in [1.29, 1.82) is 0 Å². The molecule has 1 atom stereocenters. The van der Waals surface area contributed by atoms with Gasteiger partial charge in [-0.3, -0.25) is 9.59 Å². The number of ether oxygens (including phenoxy) is 3. The first-order valence-electron chi connectivity index (χ1n) is 12.5. The van der Waals surface area contributed by atoms with E-state index in [4.69, 9.17) is 18.6 Å². The van der Waals surface area contributed by atoms with E-state index in [9.17, 15) is 9.59 Å². The number of methoxy groups -OCH3 is 1. The second kappa shape index (κ2) is 11.0. The van der Waals surface area contributed by atoms with E-state index in [2.05, 4.69) is 18.7 Å². The fourth-order valence-electron chi connectivity index (χ4n) is 4.73. The van der Waals surface area contributed by atoms with Gasteiger partial charge in [0.25, 0.3) is 5.91 Å². The number of rotatable bonds is 11. The summed E-state index contributed by atoms with van der Waals surface area (Å²) < 4.78 is 22.9. The van der Waals surface area contributed by atoms with Gasteiger partial charge in [0, 0.05) is 19.2 Å². The fourth-order valence-corrected chi connectivity index (χ4v) is 4.73. The van der Waals surface area contributed by atoms with Gasteiger partial charge in [-0.2, -0.15) is 0 Å². The van der Waals surface area contributed by atoms with Crippen molar-refractivity contribution in [3.05, 3.63) is 63.5 Å². The molecule has 4 rings (SSSR count). The molecule has 0 saturated heterocycles. The summed E-state index contributed by atoms with van der Waals surface area (Å²) in [5, 5.41) is 0.411. The van der Waals surface area contributed by atoms with E-state index >= 15 is 0 Å². The maximum atomic E-state index is 13.8. The third-order valence-electron chi connectivity index (χ3n) is 6.61. The summed E-state index contributed by atoms with van der Waals surface area (Å²) >= 11 is 0. The molecule has 2 heterocycles. The molecule has 0 spiro atoms. The first-order valence-corrected chi connectivity index (χ1v) is 12.5. The summed E-state index contributed by atoms with van der Waals surface area (Å²) in [4.78, 5) is 31.4. The van der Waals surface area contributed by atoms with Crippen molar-refractivity contribution in [3.63, 3.8) is 0 Å². The number of carbonyl (C=O) groups excluding carboxylic acids is 1. The Kier molecular flexibility index (Phi) is 7.84. The lowest BCUT2D eigenvalue weighted by Gasteiger charge is -2.28. The molecule has 2 aromatic carbocycles. The Bertz CT molecular complexity index is 1300. The van der Waals surface area contributed by atoms with Crippen molar-refractivity contribution < 1.29 is 23.4 Å². The molecule has 0 bridgehead atoms. The van der Waals surface area contributed by atoms with Crippen LogP contribution in [-0.4, -0.2) is 62.2 Å². The van der Waals surface area contributed by atoms with Crippen LogP contribution in [0.1, 0.15) is 55.4 Å². The van der Waals surface area contributed by atoms with Crippen LogP contribution in [0.25, 0.3) is 11.0 Å². The monoisotopic (exact) mass is 494 g/mol. The Balaban J connectivity index is 1.88.